The third-order valence-electron chi connectivity index (χ3n) is 2.82. The summed E-state index contributed by atoms with van der Waals surface area (Å²) in [5.74, 6) is -0.577. The van der Waals surface area contributed by atoms with Crippen LogP contribution in [0.1, 0.15) is 18.4 Å². The van der Waals surface area contributed by atoms with Crippen molar-refractivity contribution in [1.29, 1.82) is 0 Å². The van der Waals surface area contributed by atoms with E-state index >= 15 is 0 Å². The molecule has 1 amide bonds. The average Bonchev–Trinajstić information content (AvgIpc) is 3.10. The van der Waals surface area contributed by atoms with E-state index in [2.05, 4.69) is 0 Å². The fourth-order valence-corrected chi connectivity index (χ4v) is 1.82. The van der Waals surface area contributed by atoms with Crippen LogP contribution in [0.2, 0.25) is 0 Å². The number of rotatable bonds is 4. The molecule has 2 rings (SSSR count). The van der Waals surface area contributed by atoms with Crippen molar-refractivity contribution in [1.82, 2.24) is 4.90 Å². The van der Waals surface area contributed by atoms with Crippen molar-refractivity contribution < 1.29 is 18.0 Å². The van der Waals surface area contributed by atoms with Crippen LogP contribution in [0, 0.1) is 5.92 Å². The van der Waals surface area contributed by atoms with Gasteiger partial charge in [-0.2, -0.15) is 13.2 Å². The minimum atomic E-state index is -4.35. The largest absolute Gasteiger partial charge is 0.406 e. The maximum Gasteiger partial charge on any atom is 0.406 e. The highest BCUT2D eigenvalue weighted by atomic mass is 19.4. The van der Waals surface area contributed by atoms with Crippen LogP contribution in [0.4, 0.5) is 13.2 Å². The van der Waals surface area contributed by atoms with E-state index < -0.39 is 12.7 Å². The standard InChI is InChI=1S/C13H14F3NO/c14-13(15,16)9-17(12(18)11-6-7-11)8-10-4-2-1-3-5-10/h1-5,11H,6-9H2. The molecule has 0 bridgehead atoms. The Morgan fingerprint density at radius 2 is 1.83 bits per heavy atom. The van der Waals surface area contributed by atoms with E-state index in [0.717, 1.165) is 10.5 Å². The summed E-state index contributed by atoms with van der Waals surface area (Å²) >= 11 is 0. The summed E-state index contributed by atoms with van der Waals surface area (Å²) in [6.07, 6.45) is -2.93. The average molecular weight is 257 g/mol. The molecule has 0 spiro atoms. The first-order valence-electron chi connectivity index (χ1n) is 5.85. The predicted octanol–water partition coefficient (Wildman–Crippen LogP) is 2.99. The van der Waals surface area contributed by atoms with Gasteiger partial charge in [-0.25, -0.2) is 0 Å². The van der Waals surface area contributed by atoms with Crippen LogP contribution >= 0.6 is 0 Å². The van der Waals surface area contributed by atoms with E-state index in [9.17, 15) is 18.0 Å². The van der Waals surface area contributed by atoms with Crippen molar-refractivity contribution in [3.8, 4) is 0 Å². The van der Waals surface area contributed by atoms with Gasteiger partial charge in [0.1, 0.15) is 6.54 Å². The highest BCUT2D eigenvalue weighted by Crippen LogP contribution is 2.32. The summed E-state index contributed by atoms with van der Waals surface area (Å²) in [6.45, 7) is -1.15. The topological polar surface area (TPSA) is 20.3 Å². The Hall–Kier alpha value is -1.52. The number of alkyl halides is 3. The third kappa shape index (κ3) is 3.75. The van der Waals surface area contributed by atoms with Crippen molar-refractivity contribution in [3.63, 3.8) is 0 Å². The Balaban J connectivity index is 2.06. The molecule has 0 heterocycles. The number of carbonyl (C=O) groups excluding carboxylic acids is 1. The van der Waals surface area contributed by atoms with E-state index in [1.54, 1.807) is 30.3 Å². The maximum absolute atomic E-state index is 12.5. The van der Waals surface area contributed by atoms with Crippen molar-refractivity contribution in [2.24, 2.45) is 5.92 Å². The van der Waals surface area contributed by atoms with Gasteiger partial charge in [0.05, 0.1) is 0 Å². The van der Waals surface area contributed by atoms with Gasteiger partial charge in [-0.15, -0.1) is 0 Å². The lowest BCUT2D eigenvalue weighted by atomic mass is 10.2. The molecule has 0 atom stereocenters. The Kier molecular flexibility index (Phi) is 3.59. The SMILES string of the molecule is O=C(C1CC1)N(Cc1ccccc1)CC(F)(F)F. The van der Waals surface area contributed by atoms with E-state index in [1.165, 1.54) is 0 Å². The second kappa shape index (κ2) is 5.00. The highest BCUT2D eigenvalue weighted by molar-refractivity contribution is 5.81. The monoisotopic (exact) mass is 257 g/mol. The molecule has 98 valence electrons. The van der Waals surface area contributed by atoms with Gasteiger partial charge in [-0.1, -0.05) is 30.3 Å². The molecular formula is C13H14F3NO. The van der Waals surface area contributed by atoms with Gasteiger partial charge in [-0.3, -0.25) is 4.79 Å². The number of hydrogen-bond donors (Lipinski definition) is 0. The summed E-state index contributed by atoms with van der Waals surface area (Å²) in [7, 11) is 0. The van der Waals surface area contributed by atoms with Crippen molar-refractivity contribution >= 4 is 5.91 Å². The molecule has 0 saturated heterocycles. The fraction of sp³-hybridized carbons (Fsp3) is 0.462. The lowest BCUT2D eigenvalue weighted by Gasteiger charge is -2.24. The first kappa shape index (κ1) is 12.9. The molecule has 18 heavy (non-hydrogen) atoms. The van der Waals surface area contributed by atoms with E-state index in [4.69, 9.17) is 0 Å². The van der Waals surface area contributed by atoms with Crippen LogP contribution in [-0.2, 0) is 11.3 Å². The zero-order valence-corrected chi connectivity index (χ0v) is 9.78. The van der Waals surface area contributed by atoms with Gasteiger partial charge in [0.15, 0.2) is 0 Å². The molecule has 0 aromatic heterocycles. The molecule has 1 aromatic rings. The smallest absolute Gasteiger partial charge is 0.329 e. The van der Waals surface area contributed by atoms with Gasteiger partial charge >= 0.3 is 6.18 Å². The number of nitrogens with zero attached hydrogens (tertiary/aromatic N) is 1. The Morgan fingerprint density at radius 1 is 1.22 bits per heavy atom. The van der Waals surface area contributed by atoms with Crippen LogP contribution in [0.15, 0.2) is 30.3 Å². The number of carbonyl (C=O) groups is 1. The molecule has 1 aromatic carbocycles. The molecule has 1 aliphatic carbocycles. The number of benzene rings is 1. The first-order chi connectivity index (χ1) is 8.46. The summed E-state index contributed by atoms with van der Waals surface area (Å²) in [5.41, 5.74) is 0.718. The van der Waals surface area contributed by atoms with Crippen molar-refractivity contribution in [2.45, 2.75) is 25.6 Å². The molecule has 2 nitrogen and oxygen atoms in total. The Bertz CT molecular complexity index is 412. The van der Waals surface area contributed by atoms with Gasteiger partial charge in [0.2, 0.25) is 5.91 Å². The van der Waals surface area contributed by atoms with Gasteiger partial charge in [0.25, 0.3) is 0 Å². The van der Waals surface area contributed by atoms with Crippen LogP contribution < -0.4 is 0 Å². The summed E-state index contributed by atoms with van der Waals surface area (Å²) in [6, 6.07) is 8.75. The summed E-state index contributed by atoms with van der Waals surface area (Å²) < 4.78 is 37.4. The van der Waals surface area contributed by atoms with Gasteiger partial charge < -0.3 is 4.90 Å². The van der Waals surface area contributed by atoms with Crippen molar-refractivity contribution in [2.75, 3.05) is 6.54 Å². The molecule has 0 radical (unpaired) electrons. The van der Waals surface area contributed by atoms with Crippen LogP contribution in [0.25, 0.3) is 0 Å². The van der Waals surface area contributed by atoms with Crippen LogP contribution in [0.5, 0.6) is 0 Å². The first-order valence-corrected chi connectivity index (χ1v) is 5.85. The molecule has 1 fully saturated rings. The number of halogens is 3. The predicted molar refractivity (Wildman–Crippen MR) is 60.6 cm³/mol. The lowest BCUT2D eigenvalue weighted by molar-refractivity contribution is -0.163. The van der Waals surface area contributed by atoms with Gasteiger partial charge in [-0.05, 0) is 18.4 Å². The Morgan fingerprint density at radius 3 is 2.33 bits per heavy atom. The second-order valence-corrected chi connectivity index (χ2v) is 4.57. The molecule has 0 N–H and O–H groups in total. The quantitative estimate of drug-likeness (QED) is 0.812. The number of hydrogen-bond acceptors (Lipinski definition) is 1. The molecule has 0 unspecified atom stereocenters. The molecular weight excluding hydrogens is 243 g/mol. The van der Waals surface area contributed by atoms with E-state index in [-0.39, 0.29) is 18.4 Å². The second-order valence-electron chi connectivity index (χ2n) is 4.57. The minimum Gasteiger partial charge on any atom is -0.329 e. The lowest BCUT2D eigenvalue weighted by Crippen LogP contribution is -2.39. The van der Waals surface area contributed by atoms with E-state index in [1.807, 2.05) is 0 Å². The molecule has 5 heteroatoms. The normalized spacial score (nSPS) is 15.5. The maximum atomic E-state index is 12.5. The van der Waals surface area contributed by atoms with Crippen LogP contribution in [-0.4, -0.2) is 23.5 Å². The van der Waals surface area contributed by atoms with Crippen LogP contribution in [0.3, 0.4) is 0 Å². The molecule has 0 aliphatic heterocycles. The summed E-state index contributed by atoms with van der Waals surface area (Å²) in [4.78, 5) is 12.7. The minimum absolute atomic E-state index is 0.0235. The zero-order valence-electron chi connectivity index (χ0n) is 9.78. The third-order valence-corrected chi connectivity index (χ3v) is 2.82. The summed E-state index contributed by atoms with van der Waals surface area (Å²) in [5, 5.41) is 0. The number of amides is 1. The van der Waals surface area contributed by atoms with E-state index in [0.29, 0.717) is 12.8 Å². The highest BCUT2D eigenvalue weighted by Gasteiger charge is 2.38. The Labute approximate surface area is 103 Å². The molecule has 1 saturated carbocycles. The zero-order chi connectivity index (χ0) is 13.2. The fourth-order valence-electron chi connectivity index (χ4n) is 1.82. The van der Waals surface area contributed by atoms with Crippen molar-refractivity contribution in [3.05, 3.63) is 35.9 Å². The van der Waals surface area contributed by atoms with Gasteiger partial charge in [0, 0.05) is 12.5 Å². The molecule has 1 aliphatic rings.